The van der Waals surface area contributed by atoms with Gasteiger partial charge in [-0.1, -0.05) is 12.8 Å². The molecule has 2 fully saturated rings. The second-order valence-corrected chi connectivity index (χ2v) is 5.45. The second kappa shape index (κ2) is 6.78. The Labute approximate surface area is 114 Å². The van der Waals surface area contributed by atoms with Crippen LogP contribution in [0.2, 0.25) is 0 Å². The lowest BCUT2D eigenvalue weighted by atomic mass is 9.95. The van der Waals surface area contributed by atoms with Crippen LogP contribution in [0.3, 0.4) is 0 Å². The monoisotopic (exact) mass is 268 g/mol. The first kappa shape index (κ1) is 14.2. The highest BCUT2D eigenvalue weighted by atomic mass is 16.6. The highest BCUT2D eigenvalue weighted by Gasteiger charge is 2.29. The number of likely N-dealkylation sites (tertiary alicyclic amines) is 1. The smallest absolute Gasteiger partial charge is 0.409 e. The average Bonchev–Trinajstić information content (AvgIpc) is 2.92. The highest BCUT2D eigenvalue weighted by Crippen LogP contribution is 2.21. The minimum atomic E-state index is -0.253. The van der Waals surface area contributed by atoms with Crippen molar-refractivity contribution in [3.8, 4) is 0 Å². The maximum atomic E-state index is 12.1. The molecule has 0 aromatic rings. The van der Waals surface area contributed by atoms with Gasteiger partial charge in [0.25, 0.3) is 0 Å². The van der Waals surface area contributed by atoms with E-state index in [2.05, 4.69) is 5.32 Å². The van der Waals surface area contributed by atoms with Crippen LogP contribution in [0.5, 0.6) is 0 Å². The fraction of sp³-hybridized carbons (Fsp3) is 0.857. The topological polar surface area (TPSA) is 58.6 Å². The van der Waals surface area contributed by atoms with E-state index in [1.165, 1.54) is 12.8 Å². The normalized spacial score (nSPS) is 21.4. The van der Waals surface area contributed by atoms with Crippen molar-refractivity contribution in [1.29, 1.82) is 0 Å². The number of rotatable bonds is 3. The molecule has 0 unspecified atom stereocenters. The minimum Gasteiger partial charge on any atom is -0.450 e. The molecule has 19 heavy (non-hydrogen) atoms. The number of carbonyl (C=O) groups excluding carboxylic acids is 2. The van der Waals surface area contributed by atoms with E-state index in [1.54, 1.807) is 11.8 Å². The van der Waals surface area contributed by atoms with E-state index in [0.717, 1.165) is 25.7 Å². The van der Waals surface area contributed by atoms with Crippen LogP contribution < -0.4 is 5.32 Å². The summed E-state index contributed by atoms with van der Waals surface area (Å²) in [6.07, 6.45) is 5.94. The van der Waals surface area contributed by atoms with E-state index in [9.17, 15) is 9.59 Å². The third kappa shape index (κ3) is 3.85. The van der Waals surface area contributed by atoms with Crippen LogP contribution >= 0.6 is 0 Å². The van der Waals surface area contributed by atoms with Gasteiger partial charge in [-0.3, -0.25) is 4.79 Å². The maximum absolute atomic E-state index is 12.1. The fourth-order valence-electron chi connectivity index (χ4n) is 2.93. The van der Waals surface area contributed by atoms with Gasteiger partial charge in [-0.05, 0) is 32.6 Å². The second-order valence-electron chi connectivity index (χ2n) is 5.45. The number of hydrogen-bond acceptors (Lipinski definition) is 3. The number of ether oxygens (including phenoxy) is 1. The van der Waals surface area contributed by atoms with E-state index in [4.69, 9.17) is 4.74 Å². The summed E-state index contributed by atoms with van der Waals surface area (Å²) in [5.74, 6) is 0.238. The van der Waals surface area contributed by atoms with E-state index >= 15 is 0 Å². The first-order valence-corrected chi connectivity index (χ1v) is 7.42. The Bertz CT molecular complexity index is 319. The summed E-state index contributed by atoms with van der Waals surface area (Å²) in [6, 6.07) is 0.385. The number of hydrogen-bond donors (Lipinski definition) is 1. The molecule has 1 aliphatic carbocycles. The molecule has 1 saturated heterocycles. The van der Waals surface area contributed by atoms with Gasteiger partial charge >= 0.3 is 6.09 Å². The van der Waals surface area contributed by atoms with E-state index in [1.807, 2.05) is 0 Å². The molecule has 2 rings (SSSR count). The standard InChI is InChI=1S/C14H24N2O3/c1-2-19-14(18)16-9-7-11(8-10-16)13(17)15-12-5-3-4-6-12/h11-12H,2-10H2,1H3,(H,15,17). The molecule has 0 spiro atoms. The lowest BCUT2D eigenvalue weighted by Crippen LogP contribution is -2.45. The first-order valence-electron chi connectivity index (χ1n) is 7.42. The lowest BCUT2D eigenvalue weighted by Gasteiger charge is -2.31. The van der Waals surface area contributed by atoms with Crippen LogP contribution in [0, 0.1) is 5.92 Å². The Morgan fingerprint density at radius 1 is 1.16 bits per heavy atom. The minimum absolute atomic E-state index is 0.0614. The van der Waals surface area contributed by atoms with Gasteiger partial charge in [0.2, 0.25) is 5.91 Å². The third-order valence-electron chi connectivity index (χ3n) is 4.09. The highest BCUT2D eigenvalue weighted by molar-refractivity contribution is 5.79. The Balaban J connectivity index is 1.72. The van der Waals surface area contributed by atoms with Crippen molar-refractivity contribution in [3.05, 3.63) is 0 Å². The fourth-order valence-corrected chi connectivity index (χ4v) is 2.93. The molecule has 1 saturated carbocycles. The zero-order valence-electron chi connectivity index (χ0n) is 11.7. The van der Waals surface area contributed by atoms with Crippen molar-refractivity contribution in [2.24, 2.45) is 5.92 Å². The quantitative estimate of drug-likeness (QED) is 0.850. The predicted molar refractivity (Wildman–Crippen MR) is 71.7 cm³/mol. The van der Waals surface area contributed by atoms with E-state index in [0.29, 0.717) is 25.7 Å². The van der Waals surface area contributed by atoms with Crippen LogP contribution in [0.15, 0.2) is 0 Å². The van der Waals surface area contributed by atoms with Gasteiger partial charge < -0.3 is 15.0 Å². The SMILES string of the molecule is CCOC(=O)N1CCC(C(=O)NC2CCCC2)CC1. The van der Waals surface area contributed by atoms with Gasteiger partial charge in [0.15, 0.2) is 0 Å². The number of piperidine rings is 1. The molecule has 1 N–H and O–H groups in total. The molecule has 1 heterocycles. The van der Waals surface area contributed by atoms with E-state index < -0.39 is 0 Å². The van der Waals surface area contributed by atoms with Crippen molar-refractivity contribution in [1.82, 2.24) is 10.2 Å². The summed E-state index contributed by atoms with van der Waals surface area (Å²) in [5.41, 5.74) is 0. The molecular weight excluding hydrogens is 244 g/mol. The van der Waals surface area contributed by atoms with Crippen molar-refractivity contribution in [3.63, 3.8) is 0 Å². The summed E-state index contributed by atoms with van der Waals surface area (Å²) in [5, 5.41) is 3.14. The van der Waals surface area contributed by atoms with E-state index in [-0.39, 0.29) is 17.9 Å². The van der Waals surface area contributed by atoms with Crippen molar-refractivity contribution >= 4 is 12.0 Å². The Kier molecular flexibility index (Phi) is 5.05. The molecule has 2 aliphatic rings. The maximum Gasteiger partial charge on any atom is 0.409 e. The summed E-state index contributed by atoms with van der Waals surface area (Å²) in [6.45, 7) is 3.46. The molecule has 0 atom stereocenters. The molecule has 0 radical (unpaired) electrons. The number of nitrogens with zero attached hydrogens (tertiary/aromatic N) is 1. The molecule has 108 valence electrons. The molecule has 1 aliphatic heterocycles. The average molecular weight is 268 g/mol. The van der Waals surface area contributed by atoms with Gasteiger partial charge in [0.1, 0.15) is 0 Å². The van der Waals surface area contributed by atoms with Crippen LogP contribution in [-0.4, -0.2) is 42.6 Å². The van der Waals surface area contributed by atoms with Gasteiger partial charge in [0, 0.05) is 25.0 Å². The van der Waals surface area contributed by atoms with Crippen molar-refractivity contribution < 1.29 is 14.3 Å². The molecule has 5 heteroatoms. The predicted octanol–water partition coefficient (Wildman–Crippen LogP) is 1.91. The molecule has 0 aromatic heterocycles. The van der Waals surface area contributed by atoms with Crippen LogP contribution in [0.25, 0.3) is 0 Å². The Morgan fingerprint density at radius 3 is 2.37 bits per heavy atom. The van der Waals surface area contributed by atoms with Crippen LogP contribution in [0.4, 0.5) is 4.79 Å². The van der Waals surface area contributed by atoms with Gasteiger partial charge in [0.05, 0.1) is 6.61 Å². The first-order chi connectivity index (χ1) is 9.20. The molecule has 0 aromatic carbocycles. The number of amides is 2. The molecular formula is C14H24N2O3. The summed E-state index contributed by atoms with van der Waals surface area (Å²) in [7, 11) is 0. The third-order valence-corrected chi connectivity index (χ3v) is 4.09. The van der Waals surface area contributed by atoms with Crippen LogP contribution in [0.1, 0.15) is 45.4 Å². The Hall–Kier alpha value is -1.26. The summed E-state index contributed by atoms with van der Waals surface area (Å²) < 4.78 is 4.97. The van der Waals surface area contributed by atoms with Crippen molar-refractivity contribution in [2.45, 2.75) is 51.5 Å². The lowest BCUT2D eigenvalue weighted by molar-refractivity contribution is -0.127. The number of carbonyl (C=O) groups is 2. The molecule has 5 nitrogen and oxygen atoms in total. The summed E-state index contributed by atoms with van der Waals surface area (Å²) >= 11 is 0. The Morgan fingerprint density at radius 2 is 1.79 bits per heavy atom. The zero-order chi connectivity index (χ0) is 13.7. The summed E-state index contributed by atoms with van der Waals surface area (Å²) in [4.78, 5) is 25.4. The van der Waals surface area contributed by atoms with Gasteiger partial charge in [-0.25, -0.2) is 4.79 Å². The largest absolute Gasteiger partial charge is 0.450 e. The molecule has 0 bridgehead atoms. The van der Waals surface area contributed by atoms with Crippen molar-refractivity contribution in [2.75, 3.05) is 19.7 Å². The van der Waals surface area contributed by atoms with Crippen LogP contribution in [-0.2, 0) is 9.53 Å². The zero-order valence-corrected chi connectivity index (χ0v) is 11.7. The number of nitrogens with one attached hydrogen (secondary N) is 1. The molecule has 2 amide bonds. The van der Waals surface area contributed by atoms with Gasteiger partial charge in [-0.2, -0.15) is 0 Å². The van der Waals surface area contributed by atoms with Gasteiger partial charge in [-0.15, -0.1) is 0 Å².